The number of hydrogen-bond acceptors (Lipinski definition) is 8. The molecular weight excluding hydrogens is 602 g/mol. The average Bonchev–Trinajstić information content (AvgIpc) is 3.10. The van der Waals surface area contributed by atoms with Gasteiger partial charge in [-0.15, -0.1) is 0 Å². The molecule has 4 amide bonds. The third-order valence-electron chi connectivity index (χ3n) is 9.05. The van der Waals surface area contributed by atoms with E-state index < -0.39 is 0 Å². The molecule has 0 aliphatic carbocycles. The number of benzene rings is 2. The molecule has 2 aromatic rings. The molecule has 0 bridgehead atoms. The fraction of sp³-hybridized carbons (Fsp3) is 0.571. The van der Waals surface area contributed by atoms with Crippen molar-refractivity contribution in [1.82, 2.24) is 20.4 Å². The van der Waals surface area contributed by atoms with Crippen LogP contribution in [0.1, 0.15) is 42.7 Å². The summed E-state index contributed by atoms with van der Waals surface area (Å²) in [5.74, 6) is 1.06. The van der Waals surface area contributed by atoms with Gasteiger partial charge in [-0.1, -0.05) is 42.5 Å². The second-order valence-electron chi connectivity index (χ2n) is 12.3. The van der Waals surface area contributed by atoms with E-state index in [1.165, 1.54) is 11.1 Å². The molecule has 3 aliphatic rings. The largest absolute Gasteiger partial charge is 0.492 e. The van der Waals surface area contributed by atoms with Gasteiger partial charge in [0.25, 0.3) is 0 Å². The molecule has 0 spiro atoms. The Labute approximate surface area is 277 Å². The zero-order valence-corrected chi connectivity index (χ0v) is 27.1. The third kappa shape index (κ3) is 10.1. The van der Waals surface area contributed by atoms with Gasteiger partial charge >= 0.3 is 6.03 Å². The number of rotatable bonds is 15. The Balaban J connectivity index is 1.11. The number of hydrogen-bond donors (Lipinski definition) is 3. The van der Waals surface area contributed by atoms with Crippen molar-refractivity contribution in [2.75, 3.05) is 78.9 Å². The zero-order valence-electron chi connectivity index (χ0n) is 27.1. The number of morpholine rings is 1. The molecule has 0 saturated carbocycles. The predicted octanol–water partition coefficient (Wildman–Crippen LogP) is 2.12. The van der Waals surface area contributed by atoms with E-state index in [0.717, 1.165) is 25.0 Å². The van der Waals surface area contributed by atoms with Crippen molar-refractivity contribution in [3.05, 3.63) is 65.7 Å². The first-order valence-corrected chi connectivity index (χ1v) is 16.9. The molecular formula is C35H49N5O7. The number of nitrogens with zero attached hydrogens (tertiary/aromatic N) is 2. The van der Waals surface area contributed by atoms with E-state index >= 15 is 0 Å². The van der Waals surface area contributed by atoms with Crippen molar-refractivity contribution >= 4 is 17.8 Å². The van der Waals surface area contributed by atoms with E-state index in [4.69, 9.17) is 24.7 Å². The fourth-order valence-corrected chi connectivity index (χ4v) is 6.71. The van der Waals surface area contributed by atoms with Gasteiger partial charge in [0, 0.05) is 45.1 Å². The van der Waals surface area contributed by atoms with Crippen molar-refractivity contribution in [2.45, 2.75) is 43.7 Å². The van der Waals surface area contributed by atoms with Crippen LogP contribution in [0.5, 0.6) is 5.75 Å². The highest BCUT2D eigenvalue weighted by atomic mass is 16.5. The van der Waals surface area contributed by atoms with Gasteiger partial charge in [0.1, 0.15) is 19.0 Å². The van der Waals surface area contributed by atoms with E-state index in [-0.39, 0.29) is 48.9 Å². The lowest BCUT2D eigenvalue weighted by molar-refractivity contribution is -0.139. The van der Waals surface area contributed by atoms with Crippen molar-refractivity contribution in [3.63, 3.8) is 0 Å². The van der Waals surface area contributed by atoms with Crippen LogP contribution in [0, 0.1) is 5.92 Å². The molecule has 2 aromatic carbocycles. The van der Waals surface area contributed by atoms with E-state index in [1.54, 1.807) is 0 Å². The summed E-state index contributed by atoms with van der Waals surface area (Å²) in [6, 6.07) is 18.6. The summed E-state index contributed by atoms with van der Waals surface area (Å²) in [4.78, 5) is 41.3. The number of nitrogens with one attached hydrogen (secondary N) is 2. The van der Waals surface area contributed by atoms with Crippen LogP contribution in [0.4, 0.5) is 4.79 Å². The van der Waals surface area contributed by atoms with E-state index in [9.17, 15) is 14.4 Å². The van der Waals surface area contributed by atoms with E-state index in [2.05, 4.69) is 47.0 Å². The molecule has 3 heterocycles. The molecule has 256 valence electrons. The third-order valence-corrected chi connectivity index (χ3v) is 9.05. The van der Waals surface area contributed by atoms with Crippen LogP contribution in [0.3, 0.4) is 0 Å². The molecule has 4 N–H and O–H groups in total. The summed E-state index contributed by atoms with van der Waals surface area (Å²) < 4.78 is 22.4. The fourth-order valence-electron chi connectivity index (χ4n) is 6.71. The number of fused-ring (bicyclic) bond motifs is 1. The standard InChI is InChI=1S/C35H49N5O7/c36-13-19-45-22-21-44-18-12-32(41)37-14-20-46-29-8-4-7-28(23-29)34(26-5-2-1-3-6-26)27-9-15-39(16-10-27)35(43)40-17-11-31-30(24-40)38-33(42)25-47-31/h1-8,23,27,30-31,34H,9-22,24-25,36H2,(H,37,41)(H,38,42)/t30-,31?,34+/m1/s1. The summed E-state index contributed by atoms with van der Waals surface area (Å²) >= 11 is 0. The lowest BCUT2D eigenvalue weighted by atomic mass is 9.76. The molecule has 0 radical (unpaired) electrons. The number of carbonyl (C=O) groups excluding carboxylic acids is 3. The van der Waals surface area contributed by atoms with Gasteiger partial charge in [0.15, 0.2) is 0 Å². The van der Waals surface area contributed by atoms with Crippen molar-refractivity contribution in [2.24, 2.45) is 11.7 Å². The topological polar surface area (TPSA) is 145 Å². The van der Waals surface area contributed by atoms with Gasteiger partial charge in [0.2, 0.25) is 11.8 Å². The quantitative estimate of drug-likeness (QED) is 0.249. The van der Waals surface area contributed by atoms with Gasteiger partial charge in [0.05, 0.1) is 45.1 Å². The highest BCUT2D eigenvalue weighted by Crippen LogP contribution is 2.39. The van der Waals surface area contributed by atoms with Crippen LogP contribution in [-0.4, -0.2) is 119 Å². The van der Waals surface area contributed by atoms with Crippen LogP contribution in [0.25, 0.3) is 0 Å². The lowest BCUT2D eigenvalue weighted by Crippen LogP contribution is -2.62. The minimum atomic E-state index is -0.142. The van der Waals surface area contributed by atoms with Crippen LogP contribution < -0.4 is 21.1 Å². The maximum atomic E-state index is 13.5. The summed E-state index contributed by atoms with van der Waals surface area (Å²) in [6.07, 6.45) is 2.76. The highest BCUT2D eigenvalue weighted by molar-refractivity contribution is 5.79. The molecule has 12 heteroatoms. The molecule has 47 heavy (non-hydrogen) atoms. The number of amides is 4. The van der Waals surface area contributed by atoms with Gasteiger partial charge < -0.3 is 45.1 Å². The first-order valence-electron chi connectivity index (χ1n) is 16.9. The number of ether oxygens (including phenoxy) is 4. The molecule has 1 unspecified atom stereocenters. The number of piperidine rings is 2. The normalized spacial score (nSPS) is 20.7. The zero-order chi connectivity index (χ0) is 32.8. The Morgan fingerprint density at radius 1 is 0.915 bits per heavy atom. The molecule has 3 atom stereocenters. The number of nitrogens with two attached hydrogens (primary N) is 1. The van der Waals surface area contributed by atoms with E-state index in [1.807, 2.05) is 28.0 Å². The van der Waals surface area contributed by atoms with Crippen molar-refractivity contribution < 1.29 is 33.3 Å². The highest BCUT2D eigenvalue weighted by Gasteiger charge is 2.38. The molecule has 3 aliphatic heterocycles. The minimum Gasteiger partial charge on any atom is -0.492 e. The van der Waals surface area contributed by atoms with Crippen LogP contribution in [0.2, 0.25) is 0 Å². The summed E-state index contributed by atoms with van der Waals surface area (Å²) in [5, 5.41) is 5.87. The minimum absolute atomic E-state index is 0.0179. The summed E-state index contributed by atoms with van der Waals surface area (Å²) in [6.45, 7) is 5.56. The first kappa shape index (κ1) is 34.6. The molecule has 3 fully saturated rings. The smallest absolute Gasteiger partial charge is 0.320 e. The molecule has 5 rings (SSSR count). The number of carbonyl (C=O) groups is 3. The number of likely N-dealkylation sites (tertiary alicyclic amines) is 2. The van der Waals surface area contributed by atoms with Crippen LogP contribution >= 0.6 is 0 Å². The van der Waals surface area contributed by atoms with Gasteiger partial charge in [-0.25, -0.2) is 4.79 Å². The van der Waals surface area contributed by atoms with E-state index in [0.29, 0.717) is 78.2 Å². The second-order valence-corrected chi connectivity index (χ2v) is 12.3. The Hall–Kier alpha value is -3.71. The Kier molecular flexibility index (Phi) is 13.3. The molecule has 12 nitrogen and oxygen atoms in total. The average molecular weight is 652 g/mol. The van der Waals surface area contributed by atoms with Crippen molar-refractivity contribution in [3.8, 4) is 5.75 Å². The Morgan fingerprint density at radius 3 is 2.45 bits per heavy atom. The summed E-state index contributed by atoms with van der Waals surface area (Å²) in [5.41, 5.74) is 7.79. The van der Waals surface area contributed by atoms with Gasteiger partial charge in [-0.3, -0.25) is 9.59 Å². The Bertz CT molecular complexity index is 1290. The predicted molar refractivity (Wildman–Crippen MR) is 176 cm³/mol. The first-order chi connectivity index (χ1) is 23.0. The maximum absolute atomic E-state index is 13.5. The second kappa shape index (κ2) is 18.0. The van der Waals surface area contributed by atoms with Crippen molar-refractivity contribution in [1.29, 1.82) is 0 Å². The lowest BCUT2D eigenvalue weighted by Gasteiger charge is -2.44. The Morgan fingerprint density at radius 2 is 1.66 bits per heavy atom. The number of urea groups is 1. The SMILES string of the molecule is NCCOCCOCCC(=O)NCCOc1cccc([C@@H](c2ccccc2)C2CCN(C(=O)N3CCC4OCC(=O)N[C@@H]4C3)CC2)c1. The van der Waals surface area contributed by atoms with Crippen LogP contribution in [0.15, 0.2) is 54.6 Å². The van der Waals surface area contributed by atoms with Gasteiger partial charge in [-0.2, -0.15) is 0 Å². The van der Waals surface area contributed by atoms with Gasteiger partial charge in [-0.05, 0) is 48.4 Å². The maximum Gasteiger partial charge on any atom is 0.320 e. The molecule has 3 saturated heterocycles. The monoisotopic (exact) mass is 651 g/mol. The molecule has 0 aromatic heterocycles. The van der Waals surface area contributed by atoms with Crippen LogP contribution in [-0.2, 0) is 23.8 Å². The summed E-state index contributed by atoms with van der Waals surface area (Å²) in [7, 11) is 0.